The number of hydrogen-bond donors (Lipinski definition) is 0. The summed E-state index contributed by atoms with van der Waals surface area (Å²) < 4.78 is 33.9. The standard InChI is InChI=1S/C21H20ClNO3S/c1-2-26-21-11-7-6-10-20(21)23(16-17-12-14-18(22)15-13-17)27(24,25)19-8-4-3-5-9-19/h3-15H,2,16H2,1H3. The monoisotopic (exact) mass is 401 g/mol. The molecule has 4 nitrogen and oxygen atoms in total. The zero-order chi connectivity index (χ0) is 19.3. The zero-order valence-electron chi connectivity index (χ0n) is 14.9. The predicted octanol–water partition coefficient (Wildman–Crippen LogP) is 5.13. The fourth-order valence-corrected chi connectivity index (χ4v) is 4.33. The molecule has 0 unspecified atom stereocenters. The van der Waals surface area contributed by atoms with Crippen molar-refractivity contribution in [2.45, 2.75) is 18.4 Å². The number of rotatable bonds is 7. The number of ether oxygens (including phenoxy) is 1. The van der Waals surface area contributed by atoms with Crippen LogP contribution in [0.15, 0.2) is 83.8 Å². The van der Waals surface area contributed by atoms with E-state index < -0.39 is 10.0 Å². The molecule has 0 bridgehead atoms. The third-order valence-electron chi connectivity index (χ3n) is 4.00. The average molecular weight is 402 g/mol. The van der Waals surface area contributed by atoms with Crippen molar-refractivity contribution in [1.82, 2.24) is 0 Å². The second-order valence-corrected chi connectivity index (χ2v) is 8.15. The van der Waals surface area contributed by atoms with Gasteiger partial charge in [-0.15, -0.1) is 0 Å². The first-order valence-electron chi connectivity index (χ1n) is 8.56. The smallest absolute Gasteiger partial charge is 0.264 e. The molecule has 0 atom stereocenters. The lowest BCUT2D eigenvalue weighted by Crippen LogP contribution is -2.31. The number of para-hydroxylation sites is 2. The van der Waals surface area contributed by atoms with E-state index in [2.05, 4.69) is 0 Å². The molecule has 0 fully saturated rings. The highest BCUT2D eigenvalue weighted by Crippen LogP contribution is 2.34. The average Bonchev–Trinajstić information content (AvgIpc) is 2.69. The van der Waals surface area contributed by atoms with Crippen LogP contribution in [0.2, 0.25) is 5.02 Å². The lowest BCUT2D eigenvalue weighted by atomic mass is 10.2. The summed E-state index contributed by atoms with van der Waals surface area (Å²) in [5.74, 6) is 0.522. The van der Waals surface area contributed by atoms with Crippen molar-refractivity contribution >= 4 is 27.3 Å². The fraction of sp³-hybridized carbons (Fsp3) is 0.143. The highest BCUT2D eigenvalue weighted by molar-refractivity contribution is 7.92. The Morgan fingerprint density at radius 3 is 2.19 bits per heavy atom. The van der Waals surface area contributed by atoms with Crippen molar-refractivity contribution in [3.05, 3.63) is 89.4 Å². The van der Waals surface area contributed by atoms with Gasteiger partial charge in [0.2, 0.25) is 0 Å². The maximum absolute atomic E-state index is 13.4. The van der Waals surface area contributed by atoms with E-state index in [1.54, 1.807) is 60.7 Å². The molecule has 0 aliphatic carbocycles. The van der Waals surface area contributed by atoms with Crippen LogP contribution in [0.3, 0.4) is 0 Å². The van der Waals surface area contributed by atoms with Gasteiger partial charge in [-0.3, -0.25) is 4.31 Å². The second kappa shape index (κ2) is 8.46. The Morgan fingerprint density at radius 1 is 0.889 bits per heavy atom. The van der Waals surface area contributed by atoms with Gasteiger partial charge in [-0.1, -0.05) is 54.1 Å². The van der Waals surface area contributed by atoms with E-state index in [1.165, 1.54) is 4.31 Å². The molecule has 0 aliphatic rings. The fourth-order valence-electron chi connectivity index (χ4n) is 2.72. The molecule has 0 saturated heterocycles. The first kappa shape index (κ1) is 19.3. The SMILES string of the molecule is CCOc1ccccc1N(Cc1ccc(Cl)cc1)S(=O)(=O)c1ccccc1. The van der Waals surface area contributed by atoms with Crippen LogP contribution in [-0.2, 0) is 16.6 Å². The van der Waals surface area contributed by atoms with Crippen LogP contribution in [0, 0.1) is 0 Å². The van der Waals surface area contributed by atoms with Crippen LogP contribution in [0.1, 0.15) is 12.5 Å². The lowest BCUT2D eigenvalue weighted by Gasteiger charge is -2.26. The van der Waals surface area contributed by atoms with Crippen LogP contribution >= 0.6 is 11.6 Å². The van der Waals surface area contributed by atoms with Crippen molar-refractivity contribution in [2.75, 3.05) is 10.9 Å². The first-order valence-corrected chi connectivity index (χ1v) is 10.4. The first-order chi connectivity index (χ1) is 13.0. The van der Waals surface area contributed by atoms with Crippen LogP contribution in [-0.4, -0.2) is 15.0 Å². The highest BCUT2D eigenvalue weighted by atomic mass is 35.5. The predicted molar refractivity (Wildman–Crippen MR) is 109 cm³/mol. The Bertz CT molecular complexity index is 989. The molecule has 0 radical (unpaired) electrons. The molecule has 140 valence electrons. The van der Waals surface area contributed by atoms with Gasteiger partial charge in [0, 0.05) is 5.02 Å². The third kappa shape index (κ3) is 4.43. The summed E-state index contributed by atoms with van der Waals surface area (Å²) in [5.41, 5.74) is 1.32. The Balaban J connectivity index is 2.11. The van der Waals surface area contributed by atoms with E-state index in [1.807, 2.05) is 25.1 Å². The van der Waals surface area contributed by atoms with E-state index in [9.17, 15) is 8.42 Å². The van der Waals surface area contributed by atoms with E-state index in [0.29, 0.717) is 23.1 Å². The molecule has 0 amide bonds. The van der Waals surface area contributed by atoms with Gasteiger partial charge in [0.25, 0.3) is 10.0 Å². The molecule has 0 aliphatic heterocycles. The van der Waals surface area contributed by atoms with Gasteiger partial charge in [-0.25, -0.2) is 8.42 Å². The molecule has 6 heteroatoms. The van der Waals surface area contributed by atoms with Crippen molar-refractivity contribution in [3.8, 4) is 5.75 Å². The van der Waals surface area contributed by atoms with Gasteiger partial charge in [0.1, 0.15) is 5.75 Å². The molecule has 0 N–H and O–H groups in total. The van der Waals surface area contributed by atoms with Gasteiger partial charge in [0.15, 0.2) is 0 Å². The lowest BCUT2D eigenvalue weighted by molar-refractivity contribution is 0.341. The molecule has 3 aromatic carbocycles. The van der Waals surface area contributed by atoms with E-state index in [-0.39, 0.29) is 11.4 Å². The summed E-state index contributed by atoms with van der Waals surface area (Å²) in [4.78, 5) is 0.227. The van der Waals surface area contributed by atoms with Crippen molar-refractivity contribution in [3.63, 3.8) is 0 Å². The number of anilines is 1. The Hall–Kier alpha value is -2.50. The van der Waals surface area contributed by atoms with Crippen LogP contribution in [0.5, 0.6) is 5.75 Å². The number of nitrogens with zero attached hydrogens (tertiary/aromatic N) is 1. The molecule has 27 heavy (non-hydrogen) atoms. The number of hydrogen-bond acceptors (Lipinski definition) is 3. The minimum Gasteiger partial charge on any atom is -0.492 e. The van der Waals surface area contributed by atoms with Crippen molar-refractivity contribution < 1.29 is 13.2 Å². The summed E-state index contributed by atoms with van der Waals surface area (Å²) >= 11 is 5.97. The third-order valence-corrected chi connectivity index (χ3v) is 6.03. The maximum Gasteiger partial charge on any atom is 0.264 e. The van der Waals surface area contributed by atoms with E-state index in [4.69, 9.17) is 16.3 Å². The molecule has 0 heterocycles. The quantitative estimate of drug-likeness (QED) is 0.551. The van der Waals surface area contributed by atoms with Crippen LogP contribution in [0.25, 0.3) is 0 Å². The van der Waals surface area contributed by atoms with Gasteiger partial charge in [-0.2, -0.15) is 0 Å². The van der Waals surface area contributed by atoms with Gasteiger partial charge in [-0.05, 0) is 48.9 Å². The Kier molecular flexibility index (Phi) is 6.04. The van der Waals surface area contributed by atoms with Gasteiger partial charge < -0.3 is 4.74 Å². The molecular formula is C21H20ClNO3S. The van der Waals surface area contributed by atoms with E-state index >= 15 is 0 Å². The van der Waals surface area contributed by atoms with Gasteiger partial charge >= 0.3 is 0 Å². The molecule has 0 saturated carbocycles. The van der Waals surface area contributed by atoms with Crippen molar-refractivity contribution in [1.29, 1.82) is 0 Å². The number of sulfonamides is 1. The van der Waals surface area contributed by atoms with Gasteiger partial charge in [0.05, 0.1) is 23.7 Å². The number of halogens is 1. The Labute approximate surface area is 165 Å². The Morgan fingerprint density at radius 2 is 1.52 bits per heavy atom. The highest BCUT2D eigenvalue weighted by Gasteiger charge is 2.27. The molecule has 0 spiro atoms. The summed E-state index contributed by atoms with van der Waals surface area (Å²) in [6.45, 7) is 2.47. The zero-order valence-corrected chi connectivity index (χ0v) is 16.5. The minimum atomic E-state index is -3.78. The van der Waals surface area contributed by atoms with Crippen LogP contribution < -0.4 is 9.04 Å². The molecule has 3 aromatic rings. The van der Waals surface area contributed by atoms with Crippen molar-refractivity contribution in [2.24, 2.45) is 0 Å². The summed E-state index contributed by atoms with van der Waals surface area (Å²) in [5, 5.41) is 0.603. The summed E-state index contributed by atoms with van der Waals surface area (Å²) in [6, 6.07) is 22.7. The topological polar surface area (TPSA) is 46.6 Å². The molecular weight excluding hydrogens is 382 g/mol. The van der Waals surface area contributed by atoms with E-state index in [0.717, 1.165) is 5.56 Å². The molecule has 3 rings (SSSR count). The normalized spacial score (nSPS) is 11.2. The second-order valence-electron chi connectivity index (χ2n) is 5.85. The summed E-state index contributed by atoms with van der Waals surface area (Å²) in [6.07, 6.45) is 0. The summed E-state index contributed by atoms with van der Waals surface area (Å²) in [7, 11) is -3.78. The maximum atomic E-state index is 13.4. The largest absolute Gasteiger partial charge is 0.492 e. The minimum absolute atomic E-state index is 0.165. The molecule has 0 aromatic heterocycles. The van der Waals surface area contributed by atoms with Crippen LogP contribution in [0.4, 0.5) is 5.69 Å². The number of benzene rings is 3.